The summed E-state index contributed by atoms with van der Waals surface area (Å²) in [6.07, 6.45) is 8.39. The molecule has 5 aliphatic rings. The van der Waals surface area contributed by atoms with Crippen LogP contribution in [0.15, 0.2) is 6.20 Å². The number of hydrogen-bond acceptors (Lipinski definition) is 6. The maximum atomic E-state index is 12.1. The summed E-state index contributed by atoms with van der Waals surface area (Å²) in [5.74, 6) is 0. The first-order valence-electron chi connectivity index (χ1n) is 14.8. The lowest BCUT2D eigenvalue weighted by Gasteiger charge is -2.69. The molecule has 6 rings (SSSR count). The highest BCUT2D eigenvalue weighted by Gasteiger charge is 2.66. The van der Waals surface area contributed by atoms with Crippen LogP contribution in [-0.4, -0.2) is 58.5 Å². The molecule has 4 saturated carbocycles. The lowest BCUT2D eigenvalue weighted by atomic mass is 9.39. The van der Waals surface area contributed by atoms with Gasteiger partial charge in [-0.2, -0.15) is 5.10 Å². The molecule has 39 heavy (non-hydrogen) atoms. The van der Waals surface area contributed by atoms with Crippen LogP contribution in [0.5, 0.6) is 0 Å². The number of rotatable bonds is 7. The smallest absolute Gasteiger partial charge is 0.444 e. The predicted octanol–water partition coefficient (Wildman–Crippen LogP) is 5.15. The Bertz CT molecular complexity index is 1090. The Morgan fingerprint density at radius 3 is 2.15 bits per heavy atom. The lowest BCUT2D eigenvalue weighted by Crippen LogP contribution is -2.64. The Hall–Kier alpha value is -1.58. The Kier molecular flexibility index (Phi) is 6.65. The van der Waals surface area contributed by atoms with E-state index in [0.717, 1.165) is 37.0 Å². The Morgan fingerprint density at radius 1 is 1.00 bits per heavy atom. The highest BCUT2D eigenvalue weighted by atomic mass is 16.7. The first kappa shape index (κ1) is 28.9. The van der Waals surface area contributed by atoms with Crippen molar-refractivity contribution in [2.45, 2.75) is 137 Å². The van der Waals surface area contributed by atoms with E-state index in [0.29, 0.717) is 13.2 Å². The van der Waals surface area contributed by atoms with Gasteiger partial charge in [0.15, 0.2) is 0 Å². The summed E-state index contributed by atoms with van der Waals surface area (Å²) >= 11 is 0. The number of hydrogen-bond donors (Lipinski definition) is 1. The van der Waals surface area contributed by atoms with Crippen LogP contribution in [-0.2, 0) is 25.3 Å². The van der Waals surface area contributed by atoms with Crippen LogP contribution in [0.2, 0.25) is 0 Å². The summed E-state index contributed by atoms with van der Waals surface area (Å²) in [5.41, 5.74) is 1.34. The minimum Gasteiger partial charge on any atom is -0.444 e. The van der Waals surface area contributed by atoms with Crippen molar-refractivity contribution in [3.05, 3.63) is 11.9 Å². The van der Waals surface area contributed by atoms with Gasteiger partial charge >= 0.3 is 13.2 Å². The standard InChI is InChI=1S/C30H50BN3O5/c1-21-22(31-38-25(5,6)26(7,8)39-31)13-33-34(21)20-29-15-27(9)14-28(10,16-29)18-30(17-27,19-29)36-12-11-32-23(35)37-24(2,3)4/h13H,11-12,14-20H2,1-10H3,(H,32,35). The number of nitrogens with one attached hydrogen (secondary N) is 1. The number of nitrogens with zero attached hydrogens (tertiary/aromatic N) is 2. The topological polar surface area (TPSA) is 83.8 Å². The van der Waals surface area contributed by atoms with E-state index in [1.165, 1.54) is 19.3 Å². The van der Waals surface area contributed by atoms with E-state index < -0.39 is 12.7 Å². The van der Waals surface area contributed by atoms with E-state index in [1.54, 1.807) is 0 Å². The molecule has 1 aromatic rings. The van der Waals surface area contributed by atoms with Crippen molar-refractivity contribution in [3.8, 4) is 0 Å². The second kappa shape index (κ2) is 8.96. The zero-order chi connectivity index (χ0) is 28.7. The monoisotopic (exact) mass is 543 g/mol. The molecule has 5 fully saturated rings. The number of ether oxygens (including phenoxy) is 2. The highest BCUT2D eigenvalue weighted by molar-refractivity contribution is 6.62. The normalized spacial score (nSPS) is 36.4. The fourth-order valence-electron chi connectivity index (χ4n) is 9.03. The second-order valence-electron chi connectivity index (χ2n) is 16.1. The van der Waals surface area contributed by atoms with Crippen LogP contribution < -0.4 is 10.8 Å². The maximum Gasteiger partial charge on any atom is 0.498 e. The van der Waals surface area contributed by atoms with Crippen LogP contribution in [0.25, 0.3) is 0 Å². The molecule has 2 heterocycles. The largest absolute Gasteiger partial charge is 0.498 e. The van der Waals surface area contributed by atoms with Gasteiger partial charge in [0.05, 0.1) is 23.4 Å². The number of carbonyl (C=O) groups is 1. The molecular formula is C30H50BN3O5. The van der Waals surface area contributed by atoms with Gasteiger partial charge in [-0.15, -0.1) is 0 Å². The van der Waals surface area contributed by atoms with Crippen LogP contribution in [0, 0.1) is 23.2 Å². The molecule has 1 aliphatic heterocycles. The molecule has 8 nitrogen and oxygen atoms in total. The first-order valence-corrected chi connectivity index (χ1v) is 14.8. The molecular weight excluding hydrogens is 493 g/mol. The van der Waals surface area contributed by atoms with Crippen molar-refractivity contribution >= 4 is 18.7 Å². The maximum absolute atomic E-state index is 12.1. The Morgan fingerprint density at radius 2 is 1.59 bits per heavy atom. The molecule has 1 aromatic heterocycles. The molecule has 0 spiro atoms. The van der Waals surface area contributed by atoms with Crippen LogP contribution in [0.1, 0.15) is 107 Å². The van der Waals surface area contributed by atoms with Crippen molar-refractivity contribution in [1.82, 2.24) is 15.1 Å². The van der Waals surface area contributed by atoms with Gasteiger partial charge < -0.3 is 24.1 Å². The van der Waals surface area contributed by atoms with E-state index in [1.807, 2.05) is 27.0 Å². The molecule has 0 aromatic carbocycles. The quantitative estimate of drug-likeness (QED) is 0.378. The third kappa shape index (κ3) is 5.52. The fourth-order valence-corrected chi connectivity index (χ4v) is 9.03. The zero-order valence-electron chi connectivity index (χ0n) is 26.0. The van der Waals surface area contributed by atoms with Crippen molar-refractivity contribution in [2.24, 2.45) is 16.2 Å². The predicted molar refractivity (Wildman–Crippen MR) is 152 cm³/mol. The van der Waals surface area contributed by atoms with Crippen LogP contribution >= 0.6 is 0 Å². The average molecular weight is 544 g/mol. The lowest BCUT2D eigenvalue weighted by molar-refractivity contribution is -0.247. The van der Waals surface area contributed by atoms with Crippen molar-refractivity contribution in [3.63, 3.8) is 0 Å². The summed E-state index contributed by atoms with van der Waals surface area (Å²) in [5, 5.41) is 7.74. The molecule has 2 atom stereocenters. The number of amides is 1. The minimum atomic E-state index is -0.507. The Balaban J connectivity index is 1.30. The molecule has 1 amide bonds. The molecule has 218 valence electrons. The number of carbonyl (C=O) groups excluding carboxylic acids is 1. The van der Waals surface area contributed by atoms with Gasteiger partial charge in [-0.1, -0.05) is 13.8 Å². The minimum absolute atomic E-state index is 0.126. The molecule has 4 aliphatic carbocycles. The van der Waals surface area contributed by atoms with E-state index >= 15 is 0 Å². The van der Waals surface area contributed by atoms with E-state index in [2.05, 4.69) is 58.5 Å². The molecule has 1 N–H and O–H groups in total. The first-order chi connectivity index (χ1) is 17.8. The molecule has 2 unspecified atom stereocenters. The van der Waals surface area contributed by atoms with Gasteiger partial charge in [0.25, 0.3) is 0 Å². The molecule has 0 radical (unpaired) electrons. The Labute approximate surface area is 235 Å². The summed E-state index contributed by atoms with van der Waals surface area (Å²) in [6, 6.07) is 0. The summed E-state index contributed by atoms with van der Waals surface area (Å²) < 4.78 is 27.0. The average Bonchev–Trinajstić information content (AvgIpc) is 3.16. The van der Waals surface area contributed by atoms with Crippen molar-refractivity contribution in [1.29, 1.82) is 0 Å². The zero-order valence-corrected chi connectivity index (χ0v) is 26.0. The van der Waals surface area contributed by atoms with Crippen LogP contribution in [0.4, 0.5) is 4.79 Å². The molecule has 1 saturated heterocycles. The summed E-state index contributed by atoms with van der Waals surface area (Å²) in [4.78, 5) is 12.1. The second-order valence-corrected chi connectivity index (χ2v) is 16.1. The highest BCUT2D eigenvalue weighted by Crippen LogP contribution is 2.72. The SMILES string of the molecule is Cc1c(B2OC(C)(C)C(C)(C)O2)cnn1CC12CC3(C)CC(C)(C1)CC(OCCNC(=O)OC(C)(C)C)(C3)C2. The van der Waals surface area contributed by atoms with Gasteiger partial charge in [0.1, 0.15) is 5.60 Å². The molecule has 9 heteroatoms. The van der Waals surface area contributed by atoms with E-state index in [4.69, 9.17) is 23.9 Å². The number of aromatic nitrogens is 2. The van der Waals surface area contributed by atoms with E-state index in [-0.39, 0.29) is 39.1 Å². The van der Waals surface area contributed by atoms with E-state index in [9.17, 15) is 4.79 Å². The van der Waals surface area contributed by atoms with Gasteiger partial charge in [-0.05, 0) is 110 Å². The van der Waals surface area contributed by atoms with Crippen molar-refractivity contribution in [2.75, 3.05) is 13.2 Å². The summed E-state index contributed by atoms with van der Waals surface area (Å²) in [7, 11) is -0.401. The van der Waals surface area contributed by atoms with Gasteiger partial charge in [-0.25, -0.2) is 4.79 Å². The fraction of sp³-hybridized carbons (Fsp3) is 0.867. The summed E-state index contributed by atoms with van der Waals surface area (Å²) in [6.45, 7) is 22.9. The van der Waals surface area contributed by atoms with Crippen LogP contribution in [0.3, 0.4) is 0 Å². The van der Waals surface area contributed by atoms with Gasteiger partial charge in [0.2, 0.25) is 0 Å². The molecule has 4 bridgehead atoms. The van der Waals surface area contributed by atoms with Gasteiger partial charge in [-0.3, -0.25) is 4.68 Å². The third-order valence-corrected chi connectivity index (χ3v) is 9.96. The van der Waals surface area contributed by atoms with Crippen molar-refractivity contribution < 1.29 is 23.6 Å². The number of alkyl carbamates (subject to hydrolysis) is 1. The van der Waals surface area contributed by atoms with Gasteiger partial charge in [0, 0.05) is 30.4 Å². The third-order valence-electron chi connectivity index (χ3n) is 9.96.